The van der Waals surface area contributed by atoms with E-state index in [4.69, 9.17) is 9.97 Å². The van der Waals surface area contributed by atoms with Gasteiger partial charge in [-0.1, -0.05) is 12.1 Å². The van der Waals surface area contributed by atoms with Gasteiger partial charge in [-0.05, 0) is 68.5 Å². The van der Waals surface area contributed by atoms with Gasteiger partial charge >= 0.3 is 0 Å². The lowest BCUT2D eigenvalue weighted by Gasteiger charge is -2.29. The van der Waals surface area contributed by atoms with E-state index in [-0.39, 0.29) is 11.5 Å². The fourth-order valence-electron chi connectivity index (χ4n) is 4.28. The summed E-state index contributed by atoms with van der Waals surface area (Å²) in [5, 5.41) is 27.5. The Morgan fingerprint density at radius 3 is 2.55 bits per heavy atom. The summed E-state index contributed by atoms with van der Waals surface area (Å²) in [6.07, 6.45) is 4.42. The van der Waals surface area contributed by atoms with Gasteiger partial charge < -0.3 is 25.7 Å². The lowest BCUT2D eigenvalue weighted by molar-refractivity contribution is 0.323. The lowest BCUT2D eigenvalue weighted by atomic mass is 9.86. The van der Waals surface area contributed by atoms with E-state index < -0.39 is 0 Å². The average Bonchev–Trinajstić information content (AvgIpc) is 2.76. The molecule has 4 rings (SSSR count). The molecule has 2 aromatic carbocycles. The largest absolute Gasteiger partial charge is 0.508 e. The van der Waals surface area contributed by atoms with E-state index in [0.717, 1.165) is 54.5 Å². The van der Waals surface area contributed by atoms with Gasteiger partial charge in [-0.3, -0.25) is 0 Å². The molecule has 0 saturated heterocycles. The van der Waals surface area contributed by atoms with Gasteiger partial charge in [-0.25, -0.2) is 4.98 Å². The fraction of sp³-hybridized carbons (Fsp3) is 0.417. The van der Waals surface area contributed by atoms with Crippen molar-refractivity contribution in [1.29, 1.82) is 0 Å². The molecule has 0 aliphatic heterocycles. The Labute approximate surface area is 183 Å². The Hall–Kier alpha value is -3.06. The summed E-state index contributed by atoms with van der Waals surface area (Å²) in [5.74, 6) is 2.62. The number of benzene rings is 2. The van der Waals surface area contributed by atoms with Crippen LogP contribution >= 0.6 is 0 Å². The smallest absolute Gasteiger partial charge is 0.225 e. The number of fused-ring (bicyclic) bond motifs is 1. The van der Waals surface area contributed by atoms with Gasteiger partial charge in [0, 0.05) is 37.6 Å². The van der Waals surface area contributed by atoms with Gasteiger partial charge in [0.25, 0.3) is 0 Å². The van der Waals surface area contributed by atoms with Crippen molar-refractivity contribution in [1.82, 2.24) is 15.3 Å². The third-order valence-corrected chi connectivity index (χ3v) is 6.00. The first-order valence-electron chi connectivity index (χ1n) is 10.9. The van der Waals surface area contributed by atoms with Gasteiger partial charge in [0.1, 0.15) is 17.3 Å². The Morgan fingerprint density at radius 1 is 1.00 bits per heavy atom. The molecule has 0 unspecified atom stereocenters. The van der Waals surface area contributed by atoms with Crippen molar-refractivity contribution in [3.05, 3.63) is 48.0 Å². The molecule has 1 saturated carbocycles. The highest BCUT2D eigenvalue weighted by Crippen LogP contribution is 2.28. The number of aromatic nitrogens is 2. The zero-order valence-corrected chi connectivity index (χ0v) is 18.2. The van der Waals surface area contributed by atoms with Crippen molar-refractivity contribution in [3.8, 4) is 11.5 Å². The topological polar surface area (TPSA) is 93.5 Å². The van der Waals surface area contributed by atoms with E-state index in [1.165, 1.54) is 12.1 Å². The first kappa shape index (κ1) is 21.2. The zero-order chi connectivity index (χ0) is 21.8. The van der Waals surface area contributed by atoms with Crippen molar-refractivity contribution in [2.75, 3.05) is 30.9 Å². The van der Waals surface area contributed by atoms with Crippen LogP contribution in [0, 0.1) is 5.92 Å². The molecule has 7 nitrogen and oxygen atoms in total. The van der Waals surface area contributed by atoms with Gasteiger partial charge in [-0.2, -0.15) is 4.98 Å². The molecule has 1 aliphatic rings. The summed E-state index contributed by atoms with van der Waals surface area (Å²) >= 11 is 0. The number of nitrogens with zero attached hydrogens (tertiary/aromatic N) is 3. The van der Waals surface area contributed by atoms with Crippen LogP contribution in [0.15, 0.2) is 42.5 Å². The van der Waals surface area contributed by atoms with Crippen LogP contribution in [-0.2, 0) is 6.54 Å². The van der Waals surface area contributed by atoms with Crippen molar-refractivity contribution in [3.63, 3.8) is 0 Å². The Kier molecular flexibility index (Phi) is 6.42. The number of rotatable bonds is 7. The molecule has 31 heavy (non-hydrogen) atoms. The van der Waals surface area contributed by atoms with Gasteiger partial charge in [-0.15, -0.1) is 0 Å². The summed E-state index contributed by atoms with van der Waals surface area (Å²) in [7, 11) is 4.01. The van der Waals surface area contributed by atoms with Crippen LogP contribution in [-0.4, -0.2) is 46.9 Å². The van der Waals surface area contributed by atoms with Crippen LogP contribution < -0.4 is 15.5 Å². The number of phenols is 2. The molecule has 0 atom stereocenters. The number of phenolic OH excluding ortho intramolecular Hbond substituents is 2. The van der Waals surface area contributed by atoms with Gasteiger partial charge in [0.15, 0.2) is 0 Å². The lowest BCUT2D eigenvalue weighted by Crippen LogP contribution is -2.31. The van der Waals surface area contributed by atoms with Crippen molar-refractivity contribution < 1.29 is 10.2 Å². The molecular formula is C24H31N5O2. The monoisotopic (exact) mass is 421 g/mol. The highest BCUT2D eigenvalue weighted by molar-refractivity contribution is 5.90. The van der Waals surface area contributed by atoms with E-state index in [9.17, 15) is 10.2 Å². The van der Waals surface area contributed by atoms with E-state index in [0.29, 0.717) is 24.5 Å². The maximum Gasteiger partial charge on any atom is 0.225 e. The Balaban J connectivity index is 1.30. The first-order valence-corrected chi connectivity index (χ1v) is 10.9. The van der Waals surface area contributed by atoms with Crippen molar-refractivity contribution in [2.24, 2.45) is 5.92 Å². The molecule has 1 aliphatic carbocycles. The van der Waals surface area contributed by atoms with E-state index in [1.807, 2.05) is 37.2 Å². The van der Waals surface area contributed by atoms with Gasteiger partial charge in [0.05, 0.1) is 5.52 Å². The van der Waals surface area contributed by atoms with Gasteiger partial charge in [0.2, 0.25) is 5.95 Å². The first-order chi connectivity index (χ1) is 15.0. The van der Waals surface area contributed by atoms with Crippen LogP contribution in [0.5, 0.6) is 11.5 Å². The van der Waals surface area contributed by atoms with Crippen LogP contribution in [0.3, 0.4) is 0 Å². The minimum absolute atomic E-state index is 0.175. The minimum atomic E-state index is 0.175. The number of aromatic hydroxyl groups is 2. The molecule has 164 valence electrons. The summed E-state index contributed by atoms with van der Waals surface area (Å²) in [6.45, 7) is 1.45. The molecule has 1 fully saturated rings. The molecule has 1 aromatic heterocycles. The summed E-state index contributed by atoms with van der Waals surface area (Å²) in [4.78, 5) is 11.5. The number of anilines is 2. The molecule has 1 heterocycles. The molecule has 0 radical (unpaired) electrons. The predicted molar refractivity (Wildman–Crippen MR) is 125 cm³/mol. The third kappa shape index (κ3) is 5.17. The molecule has 7 heteroatoms. The fourth-order valence-corrected chi connectivity index (χ4v) is 4.28. The quantitative estimate of drug-likeness (QED) is 0.430. The highest BCUT2D eigenvalue weighted by atomic mass is 16.3. The SMILES string of the molecule is CN(C)c1nc(NC2CCC(CNCc3cc(O)ccc3O)CC2)nc2ccccc12. The molecule has 4 N–H and O–H groups in total. The Morgan fingerprint density at radius 2 is 1.77 bits per heavy atom. The minimum Gasteiger partial charge on any atom is -0.508 e. The maximum atomic E-state index is 9.89. The summed E-state index contributed by atoms with van der Waals surface area (Å²) in [5.41, 5.74) is 1.68. The maximum absolute atomic E-state index is 9.89. The average molecular weight is 422 g/mol. The van der Waals surface area contributed by atoms with Crippen molar-refractivity contribution >= 4 is 22.7 Å². The zero-order valence-electron chi connectivity index (χ0n) is 18.2. The predicted octanol–water partition coefficient (Wildman–Crippen LogP) is 3.87. The molecule has 0 amide bonds. The van der Waals surface area contributed by atoms with Crippen LogP contribution in [0.2, 0.25) is 0 Å². The number of nitrogens with one attached hydrogen (secondary N) is 2. The summed E-state index contributed by atoms with van der Waals surface area (Å²) in [6, 6.07) is 13.1. The molecular weight excluding hydrogens is 390 g/mol. The number of hydrogen-bond donors (Lipinski definition) is 4. The Bertz CT molecular complexity index is 1030. The van der Waals surface area contributed by atoms with Crippen molar-refractivity contribution in [2.45, 2.75) is 38.3 Å². The number of hydrogen-bond acceptors (Lipinski definition) is 7. The normalized spacial score (nSPS) is 18.8. The van der Waals surface area contributed by atoms with E-state index >= 15 is 0 Å². The molecule has 0 bridgehead atoms. The second kappa shape index (κ2) is 9.39. The highest BCUT2D eigenvalue weighted by Gasteiger charge is 2.22. The van der Waals surface area contributed by atoms with Crippen LogP contribution in [0.4, 0.5) is 11.8 Å². The molecule has 0 spiro atoms. The van der Waals surface area contributed by atoms with Crippen LogP contribution in [0.25, 0.3) is 10.9 Å². The van der Waals surface area contributed by atoms with E-state index in [2.05, 4.69) is 16.7 Å². The second-order valence-corrected chi connectivity index (χ2v) is 8.59. The van der Waals surface area contributed by atoms with Crippen LogP contribution in [0.1, 0.15) is 31.2 Å². The number of para-hydroxylation sites is 1. The third-order valence-electron chi connectivity index (χ3n) is 6.00. The molecule has 3 aromatic rings. The standard InChI is InChI=1S/C24H31N5O2/c1-29(2)23-20-5-3-4-6-21(20)27-24(28-23)26-18-9-7-16(8-10-18)14-25-15-17-13-19(30)11-12-22(17)31/h3-6,11-13,16,18,25,30-31H,7-10,14-15H2,1-2H3,(H,26,27,28). The van der Waals surface area contributed by atoms with E-state index in [1.54, 1.807) is 6.07 Å². The summed E-state index contributed by atoms with van der Waals surface area (Å²) < 4.78 is 0. The second-order valence-electron chi connectivity index (χ2n) is 8.59.